The molecule has 1 aromatic heterocycles. The molecule has 3 aliphatic rings. The van der Waals surface area contributed by atoms with Gasteiger partial charge in [-0.25, -0.2) is 0 Å². The van der Waals surface area contributed by atoms with E-state index in [1.165, 1.54) is 0 Å². The van der Waals surface area contributed by atoms with Crippen molar-refractivity contribution in [2.24, 2.45) is 17.8 Å². The van der Waals surface area contributed by atoms with Crippen molar-refractivity contribution in [1.29, 1.82) is 0 Å². The number of alkyl halides is 3. The van der Waals surface area contributed by atoms with Gasteiger partial charge in [0, 0.05) is 55.3 Å². The van der Waals surface area contributed by atoms with Gasteiger partial charge in [-0.15, -0.1) is 0 Å². The lowest BCUT2D eigenvalue weighted by molar-refractivity contribution is -0.137. The monoisotopic (exact) mass is 453 g/mol. The predicted molar refractivity (Wildman–Crippen MR) is 115 cm³/mol. The molecule has 2 N–H and O–H groups in total. The number of rotatable bonds is 5. The van der Waals surface area contributed by atoms with Crippen LogP contribution in [0.2, 0.25) is 0 Å². The number of amides is 1. The van der Waals surface area contributed by atoms with E-state index in [0.717, 1.165) is 50.8 Å². The first-order valence-electron chi connectivity index (χ1n) is 11.9. The van der Waals surface area contributed by atoms with Crippen LogP contribution >= 0.6 is 0 Å². The maximum Gasteiger partial charge on any atom is 0.417 e. The molecule has 0 aromatic carbocycles. The zero-order chi connectivity index (χ0) is 23.0. The van der Waals surface area contributed by atoms with Crippen LogP contribution in [0.1, 0.15) is 69.2 Å². The Morgan fingerprint density at radius 3 is 2.81 bits per heavy atom. The van der Waals surface area contributed by atoms with E-state index < -0.39 is 11.7 Å². The zero-order valence-electron chi connectivity index (χ0n) is 18.9. The minimum Gasteiger partial charge on any atom is -0.393 e. The summed E-state index contributed by atoms with van der Waals surface area (Å²) in [5.74, 6) is 0.713. The average Bonchev–Trinajstić information content (AvgIpc) is 3.38. The molecule has 2 saturated carbocycles. The smallest absolute Gasteiger partial charge is 0.393 e. The summed E-state index contributed by atoms with van der Waals surface area (Å²) in [4.78, 5) is 18.9. The van der Waals surface area contributed by atoms with Gasteiger partial charge >= 0.3 is 6.18 Å². The molecule has 2 fully saturated rings. The topological polar surface area (TPSA) is 65.5 Å². The van der Waals surface area contributed by atoms with Gasteiger partial charge in [0.05, 0.1) is 11.7 Å². The van der Waals surface area contributed by atoms with Crippen LogP contribution in [0.3, 0.4) is 0 Å². The van der Waals surface area contributed by atoms with Crippen LogP contribution in [0.15, 0.2) is 12.3 Å². The highest BCUT2D eigenvalue weighted by molar-refractivity contribution is 5.79. The lowest BCUT2D eigenvalue weighted by atomic mass is 9.91. The number of hydrogen-bond donors (Lipinski definition) is 2. The quantitative estimate of drug-likeness (QED) is 0.709. The minimum absolute atomic E-state index is 0.0435. The summed E-state index contributed by atoms with van der Waals surface area (Å²) in [5.41, 5.74) is 0.400. The van der Waals surface area contributed by atoms with Crippen LogP contribution in [-0.2, 0) is 23.9 Å². The molecule has 1 aromatic rings. The van der Waals surface area contributed by atoms with E-state index in [-0.39, 0.29) is 42.5 Å². The number of carbonyl (C=O) groups excluding carboxylic acids is 1. The lowest BCUT2D eigenvalue weighted by Gasteiger charge is -2.32. The number of aliphatic hydroxyl groups excluding tert-OH is 1. The first-order valence-corrected chi connectivity index (χ1v) is 11.9. The zero-order valence-corrected chi connectivity index (χ0v) is 18.9. The molecular formula is C24H34F3N3O2. The fourth-order valence-electron chi connectivity index (χ4n) is 5.92. The molecule has 0 bridgehead atoms. The lowest BCUT2D eigenvalue weighted by Crippen LogP contribution is -2.46. The number of fused-ring (bicyclic) bond motifs is 1. The highest BCUT2D eigenvalue weighted by Gasteiger charge is 2.41. The Labute approximate surface area is 187 Å². The number of carbonyl (C=O) groups is 1. The van der Waals surface area contributed by atoms with Gasteiger partial charge in [0.2, 0.25) is 5.91 Å². The Kier molecular flexibility index (Phi) is 6.82. The highest BCUT2D eigenvalue weighted by Crippen LogP contribution is 2.37. The standard InChI is InChI=1S/C24H34F3N3O2/c1-3-21(31)19-7-4-14(2)22(19)29-18-6-5-15(11-18)23(32)30-9-8-20-16(13-30)10-17(12-28-20)24(25,26)27/h10,12,14-15,18-19,21-22,29,31H,3-9,11,13H2,1-2H3/t14?,15-,18?,19?,21?,22?/m0/s1. The Hall–Kier alpha value is -1.67. The third kappa shape index (κ3) is 4.81. The van der Waals surface area contributed by atoms with E-state index in [4.69, 9.17) is 0 Å². The molecule has 2 aliphatic carbocycles. The van der Waals surface area contributed by atoms with Gasteiger partial charge in [-0.05, 0) is 56.1 Å². The van der Waals surface area contributed by atoms with Gasteiger partial charge in [-0.2, -0.15) is 13.2 Å². The fraction of sp³-hybridized carbons (Fsp3) is 0.750. The van der Waals surface area contributed by atoms with Gasteiger partial charge in [0.1, 0.15) is 0 Å². The Bertz CT molecular complexity index is 831. The summed E-state index contributed by atoms with van der Waals surface area (Å²) in [6.45, 7) is 4.94. The van der Waals surface area contributed by atoms with Crippen molar-refractivity contribution in [2.75, 3.05) is 6.54 Å². The second-order valence-electron chi connectivity index (χ2n) is 9.93. The van der Waals surface area contributed by atoms with Crippen LogP contribution in [-0.4, -0.2) is 45.6 Å². The third-order valence-corrected chi connectivity index (χ3v) is 7.83. The SMILES string of the molecule is CCC(O)C1CCC(C)C1NC1CC[C@H](C(=O)N2CCc3ncc(C(F)(F)F)cc3C2)C1. The second kappa shape index (κ2) is 9.29. The van der Waals surface area contributed by atoms with Crippen molar-refractivity contribution in [2.45, 2.75) is 89.7 Å². The summed E-state index contributed by atoms with van der Waals surface area (Å²) in [7, 11) is 0. The van der Waals surface area contributed by atoms with Crippen LogP contribution in [0.4, 0.5) is 13.2 Å². The van der Waals surface area contributed by atoms with Gasteiger partial charge < -0.3 is 15.3 Å². The number of nitrogens with one attached hydrogen (secondary N) is 1. The number of aromatic nitrogens is 1. The maximum absolute atomic E-state index is 13.2. The molecule has 6 atom stereocenters. The first-order chi connectivity index (χ1) is 15.2. The second-order valence-corrected chi connectivity index (χ2v) is 9.93. The van der Waals surface area contributed by atoms with Crippen molar-refractivity contribution >= 4 is 5.91 Å². The molecule has 8 heteroatoms. The number of aliphatic hydroxyl groups is 1. The highest BCUT2D eigenvalue weighted by atomic mass is 19.4. The Morgan fingerprint density at radius 2 is 2.09 bits per heavy atom. The van der Waals surface area contributed by atoms with Gasteiger partial charge in [-0.1, -0.05) is 13.8 Å². The largest absolute Gasteiger partial charge is 0.417 e. The van der Waals surface area contributed by atoms with Gasteiger partial charge in [-0.3, -0.25) is 9.78 Å². The molecule has 0 radical (unpaired) electrons. The van der Waals surface area contributed by atoms with Crippen LogP contribution in [0, 0.1) is 17.8 Å². The summed E-state index contributed by atoms with van der Waals surface area (Å²) < 4.78 is 39.2. The van der Waals surface area contributed by atoms with E-state index >= 15 is 0 Å². The molecule has 2 heterocycles. The van der Waals surface area contributed by atoms with E-state index in [1.807, 2.05) is 6.92 Å². The molecule has 0 saturated heterocycles. The molecular weight excluding hydrogens is 419 g/mol. The predicted octanol–water partition coefficient (Wildman–Crippen LogP) is 3.93. The molecule has 0 spiro atoms. The van der Waals surface area contributed by atoms with Crippen molar-refractivity contribution in [1.82, 2.24) is 15.2 Å². The molecule has 32 heavy (non-hydrogen) atoms. The van der Waals surface area contributed by atoms with Crippen LogP contribution in [0.25, 0.3) is 0 Å². The number of halogens is 3. The minimum atomic E-state index is -4.43. The van der Waals surface area contributed by atoms with Crippen molar-refractivity contribution in [3.63, 3.8) is 0 Å². The van der Waals surface area contributed by atoms with Gasteiger partial charge in [0.15, 0.2) is 0 Å². The number of pyridine rings is 1. The molecule has 5 nitrogen and oxygen atoms in total. The normalized spacial score (nSPS) is 31.6. The van der Waals surface area contributed by atoms with Crippen molar-refractivity contribution in [3.8, 4) is 0 Å². The Balaban J connectivity index is 1.36. The van der Waals surface area contributed by atoms with Crippen LogP contribution < -0.4 is 5.32 Å². The molecule has 1 aliphatic heterocycles. The van der Waals surface area contributed by atoms with Gasteiger partial charge in [0.25, 0.3) is 0 Å². The van der Waals surface area contributed by atoms with E-state index in [0.29, 0.717) is 30.1 Å². The molecule has 178 valence electrons. The van der Waals surface area contributed by atoms with Crippen molar-refractivity contribution < 1.29 is 23.1 Å². The van der Waals surface area contributed by atoms with E-state index in [2.05, 4.69) is 17.2 Å². The Morgan fingerprint density at radius 1 is 1.31 bits per heavy atom. The number of nitrogens with zero attached hydrogens (tertiary/aromatic N) is 2. The summed E-state index contributed by atoms with van der Waals surface area (Å²) >= 11 is 0. The summed E-state index contributed by atoms with van der Waals surface area (Å²) in [6.07, 6.45) is 2.00. The third-order valence-electron chi connectivity index (χ3n) is 7.83. The van der Waals surface area contributed by atoms with Crippen molar-refractivity contribution in [3.05, 3.63) is 29.1 Å². The van der Waals surface area contributed by atoms with Crippen LogP contribution in [0.5, 0.6) is 0 Å². The maximum atomic E-state index is 13.2. The molecule has 4 rings (SSSR count). The summed E-state index contributed by atoms with van der Waals surface area (Å²) in [5, 5.41) is 14.2. The number of hydrogen-bond acceptors (Lipinski definition) is 4. The average molecular weight is 454 g/mol. The molecule has 1 amide bonds. The van der Waals surface area contributed by atoms with E-state index in [1.54, 1.807) is 4.90 Å². The molecule has 5 unspecified atom stereocenters. The first kappa shape index (κ1) is 23.5. The van der Waals surface area contributed by atoms with E-state index in [9.17, 15) is 23.1 Å². The summed E-state index contributed by atoms with van der Waals surface area (Å²) in [6, 6.07) is 1.66. The fourth-order valence-corrected chi connectivity index (χ4v) is 5.92.